The minimum Gasteiger partial charge on any atom is -0.481 e. The van der Waals surface area contributed by atoms with E-state index in [9.17, 15) is 67.7 Å². The van der Waals surface area contributed by atoms with E-state index >= 15 is 0 Å². The highest BCUT2D eigenvalue weighted by Gasteiger charge is 2.36. The van der Waals surface area contributed by atoms with Crippen molar-refractivity contribution < 1.29 is 67.7 Å². The Balaban J connectivity index is 6.25. The van der Waals surface area contributed by atoms with Crippen LogP contribution in [0.3, 0.4) is 0 Å². The number of primary amides is 4. The quantitative estimate of drug-likeness (QED) is 0.0367. The van der Waals surface area contributed by atoms with E-state index in [4.69, 9.17) is 28.7 Å². The fourth-order valence-corrected chi connectivity index (χ4v) is 4.83. The number of nitrogens with two attached hydrogens (primary N) is 5. The normalized spacial score (nSPS) is 14.6. The summed E-state index contributed by atoms with van der Waals surface area (Å²) < 4.78 is 0. The van der Waals surface area contributed by atoms with Crippen molar-refractivity contribution >= 4 is 71.0 Å². The highest BCUT2D eigenvalue weighted by molar-refractivity contribution is 5.99. The maximum atomic E-state index is 13.6. The van der Waals surface area contributed by atoms with Crippen molar-refractivity contribution in [2.24, 2.45) is 40.5 Å². The summed E-state index contributed by atoms with van der Waals surface area (Å²) in [5.41, 5.74) is 26.2. The number of carbonyl (C=O) groups is 12. The molecule has 0 aromatic rings. The van der Waals surface area contributed by atoms with Gasteiger partial charge in [0, 0.05) is 12.8 Å². The molecule has 25 nitrogen and oxygen atoms in total. The summed E-state index contributed by atoms with van der Waals surface area (Å²) in [6.45, 7) is 5.94. The highest BCUT2D eigenvalue weighted by Crippen LogP contribution is 2.10. The summed E-state index contributed by atoms with van der Waals surface area (Å²) in [6.07, 6.45) is -4.14. The number of hydrogen-bond acceptors (Lipinski definition) is 13. The van der Waals surface area contributed by atoms with Crippen LogP contribution in [0.15, 0.2) is 0 Å². The molecule has 0 aliphatic rings. The molecule has 18 N–H and O–H groups in total. The summed E-state index contributed by atoms with van der Waals surface area (Å²) in [5, 5.41) is 32.0. The molecule has 0 saturated carbocycles. The van der Waals surface area contributed by atoms with E-state index in [0.717, 1.165) is 0 Å². The molecule has 10 amide bonds. The highest BCUT2D eigenvalue weighted by atomic mass is 16.4. The molecule has 320 valence electrons. The summed E-state index contributed by atoms with van der Waals surface area (Å²) in [5.74, 6) is -15.1. The smallest absolute Gasteiger partial charge is 0.326 e. The molecular weight excluding hydrogens is 762 g/mol. The van der Waals surface area contributed by atoms with E-state index in [1.54, 1.807) is 0 Å². The fraction of sp³-hybridized carbons (Fsp3) is 0.625. The number of amides is 10. The zero-order chi connectivity index (χ0) is 44.3. The maximum Gasteiger partial charge on any atom is 0.326 e. The fourth-order valence-electron chi connectivity index (χ4n) is 4.83. The lowest BCUT2D eigenvalue weighted by molar-refractivity contribution is -0.144. The maximum absolute atomic E-state index is 13.6. The lowest BCUT2D eigenvalue weighted by atomic mass is 9.98. The van der Waals surface area contributed by atoms with E-state index in [1.165, 1.54) is 27.7 Å². The SMILES string of the molecule is CC(C)[C@H](NC(=O)[C@H](CC(=O)O)NC(=O)[C@@H](N)CCC(N)=O)C(=O)N[C@H](C(=O)N[C@@H](CC(N)=O)C(=O)N[C@@H](CCC(N)=O)C(=O)N[C@@H](CC(N)=O)C(=O)O)C(C)C. The van der Waals surface area contributed by atoms with Crippen molar-refractivity contribution in [1.29, 1.82) is 0 Å². The molecular formula is C32H53N11O14. The second-order valence-electron chi connectivity index (χ2n) is 13.6. The zero-order valence-corrected chi connectivity index (χ0v) is 31.8. The van der Waals surface area contributed by atoms with Crippen LogP contribution in [-0.4, -0.2) is 124 Å². The van der Waals surface area contributed by atoms with Crippen molar-refractivity contribution in [3.63, 3.8) is 0 Å². The summed E-state index contributed by atoms with van der Waals surface area (Å²) in [6, 6.07) is -11.4. The van der Waals surface area contributed by atoms with Gasteiger partial charge in [-0.05, 0) is 24.7 Å². The monoisotopic (exact) mass is 815 g/mol. The third kappa shape index (κ3) is 19.7. The van der Waals surface area contributed by atoms with Crippen LogP contribution in [0, 0.1) is 11.8 Å². The third-order valence-electron chi connectivity index (χ3n) is 7.91. The first kappa shape index (κ1) is 50.6. The van der Waals surface area contributed by atoms with Gasteiger partial charge in [0.1, 0.15) is 36.3 Å². The van der Waals surface area contributed by atoms with Crippen LogP contribution in [-0.2, 0) is 57.5 Å². The number of hydrogen-bond donors (Lipinski definition) is 13. The Bertz CT molecular complexity index is 1550. The summed E-state index contributed by atoms with van der Waals surface area (Å²) in [4.78, 5) is 148. The van der Waals surface area contributed by atoms with Gasteiger partial charge in [-0.2, -0.15) is 0 Å². The van der Waals surface area contributed by atoms with Crippen LogP contribution < -0.4 is 60.6 Å². The second kappa shape index (κ2) is 24.2. The Morgan fingerprint density at radius 3 is 1.23 bits per heavy atom. The molecule has 0 spiro atoms. The Kier molecular flexibility index (Phi) is 21.5. The first-order chi connectivity index (χ1) is 26.3. The number of nitrogens with one attached hydrogen (secondary N) is 6. The van der Waals surface area contributed by atoms with Crippen LogP contribution in [0.5, 0.6) is 0 Å². The molecule has 0 unspecified atom stereocenters. The average molecular weight is 816 g/mol. The standard InChI is InChI=1S/C32H53N11O14/c1-12(2)24(43-31(55)25(13(3)4)42-29(53)17(11-23(48)49)39-26(50)14(33)5-7-19(34)44)30(54)40-16(9-21(36)46)28(52)38-15(6-8-20(35)45)27(51)41-18(32(56)57)10-22(37)47/h12-18,24-25H,5-11,33H2,1-4H3,(H2,34,44)(H2,35,45)(H2,36,46)(H2,37,47)(H,38,52)(H,39,50)(H,40,54)(H,41,51)(H,42,53)(H,43,55)(H,48,49)(H,56,57)/t14-,15-,16-,17-,18-,24-,25-/m0/s1. The summed E-state index contributed by atoms with van der Waals surface area (Å²) in [7, 11) is 0. The van der Waals surface area contributed by atoms with Crippen LogP contribution in [0.25, 0.3) is 0 Å². The predicted molar refractivity (Wildman–Crippen MR) is 194 cm³/mol. The number of aliphatic carboxylic acids is 2. The first-order valence-corrected chi connectivity index (χ1v) is 17.4. The third-order valence-corrected chi connectivity index (χ3v) is 7.91. The van der Waals surface area contributed by atoms with Gasteiger partial charge in [-0.1, -0.05) is 27.7 Å². The molecule has 0 saturated heterocycles. The van der Waals surface area contributed by atoms with Gasteiger partial charge in [-0.25, -0.2) is 4.79 Å². The van der Waals surface area contributed by atoms with Gasteiger partial charge in [0.25, 0.3) is 0 Å². The number of rotatable bonds is 27. The van der Waals surface area contributed by atoms with Gasteiger partial charge in [0.15, 0.2) is 0 Å². The molecule has 0 radical (unpaired) electrons. The van der Waals surface area contributed by atoms with Gasteiger partial charge in [0.2, 0.25) is 59.1 Å². The second-order valence-corrected chi connectivity index (χ2v) is 13.6. The largest absolute Gasteiger partial charge is 0.481 e. The molecule has 0 bridgehead atoms. The number of carbonyl (C=O) groups excluding carboxylic acids is 10. The average Bonchev–Trinajstić information content (AvgIpc) is 3.07. The van der Waals surface area contributed by atoms with Crippen LogP contribution in [0.4, 0.5) is 0 Å². The molecule has 0 rings (SSSR count). The van der Waals surface area contributed by atoms with Gasteiger partial charge in [0.05, 0.1) is 25.3 Å². The van der Waals surface area contributed by atoms with Crippen molar-refractivity contribution in [1.82, 2.24) is 31.9 Å². The van der Waals surface area contributed by atoms with Gasteiger partial charge >= 0.3 is 11.9 Å². The molecule has 57 heavy (non-hydrogen) atoms. The molecule has 0 aromatic carbocycles. The first-order valence-electron chi connectivity index (χ1n) is 17.4. The minimum atomic E-state index is -1.83. The van der Waals surface area contributed by atoms with Crippen molar-refractivity contribution in [2.45, 2.75) is 115 Å². The Morgan fingerprint density at radius 1 is 0.439 bits per heavy atom. The van der Waals surface area contributed by atoms with Crippen molar-refractivity contribution in [3.8, 4) is 0 Å². The molecule has 0 heterocycles. The number of carboxylic acids is 2. The molecule has 25 heteroatoms. The van der Waals surface area contributed by atoms with Gasteiger partial charge in [-0.15, -0.1) is 0 Å². The Labute approximate surface area is 326 Å². The lowest BCUT2D eigenvalue weighted by Crippen LogP contribution is -2.61. The zero-order valence-electron chi connectivity index (χ0n) is 31.8. The van der Waals surface area contributed by atoms with E-state index in [0.29, 0.717) is 0 Å². The van der Waals surface area contributed by atoms with Gasteiger partial charge in [-0.3, -0.25) is 52.7 Å². The van der Waals surface area contributed by atoms with E-state index in [2.05, 4.69) is 26.6 Å². The molecule has 7 atom stereocenters. The van der Waals surface area contributed by atoms with Gasteiger partial charge < -0.3 is 70.8 Å². The van der Waals surface area contributed by atoms with E-state index < -0.39 is 157 Å². The van der Waals surface area contributed by atoms with Crippen LogP contribution in [0.2, 0.25) is 0 Å². The van der Waals surface area contributed by atoms with E-state index in [-0.39, 0.29) is 12.8 Å². The molecule has 0 aliphatic heterocycles. The van der Waals surface area contributed by atoms with Crippen molar-refractivity contribution in [2.75, 3.05) is 0 Å². The van der Waals surface area contributed by atoms with Crippen LogP contribution in [0.1, 0.15) is 72.6 Å². The predicted octanol–water partition coefficient (Wildman–Crippen LogP) is -6.62. The van der Waals surface area contributed by atoms with Crippen molar-refractivity contribution in [3.05, 3.63) is 0 Å². The number of carboxylic acid groups (broad SMARTS) is 2. The van der Waals surface area contributed by atoms with E-state index in [1.807, 2.05) is 5.32 Å². The Morgan fingerprint density at radius 2 is 0.789 bits per heavy atom. The topological polar surface area (TPSA) is 448 Å². The summed E-state index contributed by atoms with van der Waals surface area (Å²) >= 11 is 0. The molecule has 0 fully saturated rings. The Hall–Kier alpha value is -6.40. The van der Waals surface area contributed by atoms with Crippen LogP contribution >= 0.6 is 0 Å². The molecule has 0 aliphatic carbocycles. The minimum absolute atomic E-state index is 0.211. The lowest BCUT2D eigenvalue weighted by Gasteiger charge is -2.29. The molecule has 0 aromatic heterocycles.